The molecule has 0 saturated carbocycles. The maximum absolute atomic E-state index is 13.3. The van der Waals surface area contributed by atoms with E-state index in [9.17, 15) is 18.3 Å². The van der Waals surface area contributed by atoms with Crippen molar-refractivity contribution in [1.29, 1.82) is 0 Å². The number of aromatic hydroxyl groups is 1. The highest BCUT2D eigenvalue weighted by molar-refractivity contribution is 7.90. The zero-order valence-corrected chi connectivity index (χ0v) is 16.3. The lowest BCUT2D eigenvalue weighted by molar-refractivity contribution is -0.118. The minimum Gasteiger partial charge on any atom is -0.508 e. The quantitative estimate of drug-likeness (QED) is 0.706. The van der Waals surface area contributed by atoms with Crippen LogP contribution in [0.3, 0.4) is 0 Å². The third-order valence-electron chi connectivity index (χ3n) is 4.57. The Kier molecular flexibility index (Phi) is 4.97. The molecular weight excluding hydrogens is 364 g/mol. The molecule has 1 heterocycles. The summed E-state index contributed by atoms with van der Waals surface area (Å²) in [7, 11) is -3.80. The van der Waals surface area contributed by atoms with Gasteiger partial charge in [0.2, 0.25) is 5.91 Å². The molecule has 0 unspecified atom stereocenters. The third-order valence-corrected chi connectivity index (χ3v) is 6.39. The summed E-state index contributed by atoms with van der Waals surface area (Å²) in [5.74, 6) is -0.0836. The van der Waals surface area contributed by atoms with Gasteiger partial charge in [0.15, 0.2) is 0 Å². The molecule has 6 nitrogen and oxygen atoms in total. The van der Waals surface area contributed by atoms with E-state index in [2.05, 4.69) is 5.32 Å². The summed E-state index contributed by atoms with van der Waals surface area (Å²) in [5, 5.41) is 13.3. The molecule has 0 radical (unpaired) electrons. The predicted octanol–water partition coefficient (Wildman–Crippen LogP) is 2.88. The second-order valence-corrected chi connectivity index (χ2v) is 8.37. The SMILES string of the molecule is CC(=O)NCCc1c(C)n(S(=O)(=O)c2ccc(C)cc2)c2ccc(O)cc12. The number of rotatable bonds is 5. The number of fused-ring (bicyclic) bond motifs is 1. The Labute approximate surface area is 158 Å². The highest BCUT2D eigenvalue weighted by Gasteiger charge is 2.25. The van der Waals surface area contributed by atoms with Crippen LogP contribution in [0.15, 0.2) is 47.4 Å². The molecule has 0 atom stereocenters. The number of phenolic OH excluding ortho intramolecular Hbond substituents is 1. The van der Waals surface area contributed by atoms with Crippen molar-refractivity contribution in [2.75, 3.05) is 6.54 Å². The zero-order valence-electron chi connectivity index (χ0n) is 15.5. The first-order chi connectivity index (χ1) is 12.7. The number of nitrogens with zero attached hydrogens (tertiary/aromatic N) is 1. The summed E-state index contributed by atoms with van der Waals surface area (Å²) in [6, 6.07) is 11.3. The van der Waals surface area contributed by atoms with E-state index in [1.54, 1.807) is 43.3 Å². The molecule has 0 aliphatic carbocycles. The number of aryl methyl sites for hydroxylation is 1. The Morgan fingerprint density at radius 1 is 1.11 bits per heavy atom. The number of nitrogens with one attached hydrogen (secondary N) is 1. The topological polar surface area (TPSA) is 88.4 Å². The highest BCUT2D eigenvalue weighted by atomic mass is 32.2. The number of hydrogen-bond acceptors (Lipinski definition) is 4. The lowest BCUT2D eigenvalue weighted by Gasteiger charge is -2.11. The van der Waals surface area contributed by atoms with Gasteiger partial charge in [-0.1, -0.05) is 17.7 Å². The van der Waals surface area contributed by atoms with Gasteiger partial charge in [0, 0.05) is 24.5 Å². The number of phenols is 1. The lowest BCUT2D eigenvalue weighted by Crippen LogP contribution is -2.22. The smallest absolute Gasteiger partial charge is 0.268 e. The van der Waals surface area contributed by atoms with Gasteiger partial charge in [-0.15, -0.1) is 0 Å². The van der Waals surface area contributed by atoms with Crippen LogP contribution in [-0.4, -0.2) is 29.9 Å². The van der Waals surface area contributed by atoms with Gasteiger partial charge >= 0.3 is 0 Å². The van der Waals surface area contributed by atoms with Gasteiger partial charge in [0.05, 0.1) is 10.4 Å². The second kappa shape index (κ2) is 7.08. The van der Waals surface area contributed by atoms with Crippen molar-refractivity contribution in [1.82, 2.24) is 9.29 Å². The van der Waals surface area contributed by atoms with E-state index in [4.69, 9.17) is 0 Å². The van der Waals surface area contributed by atoms with Crippen molar-refractivity contribution in [3.05, 3.63) is 59.3 Å². The molecule has 0 saturated heterocycles. The molecule has 0 fully saturated rings. The predicted molar refractivity (Wildman–Crippen MR) is 104 cm³/mol. The first-order valence-corrected chi connectivity index (χ1v) is 10.1. The van der Waals surface area contributed by atoms with Crippen molar-refractivity contribution >= 4 is 26.8 Å². The molecule has 7 heteroatoms. The molecule has 1 aromatic heterocycles. The van der Waals surface area contributed by atoms with Crippen LogP contribution in [-0.2, 0) is 21.2 Å². The molecule has 0 bridgehead atoms. The van der Waals surface area contributed by atoms with E-state index in [0.717, 1.165) is 11.1 Å². The van der Waals surface area contributed by atoms with E-state index in [0.29, 0.717) is 29.6 Å². The summed E-state index contributed by atoms with van der Waals surface area (Å²) in [6.07, 6.45) is 0.460. The Hall–Kier alpha value is -2.80. The van der Waals surface area contributed by atoms with Crippen LogP contribution < -0.4 is 5.32 Å². The fraction of sp³-hybridized carbons (Fsp3) is 0.250. The van der Waals surface area contributed by atoms with E-state index < -0.39 is 10.0 Å². The van der Waals surface area contributed by atoms with Gasteiger partial charge in [-0.25, -0.2) is 12.4 Å². The standard InChI is InChI=1S/C20H22N2O4S/c1-13-4-7-17(8-5-13)27(25,26)22-14(2)18(10-11-21-15(3)23)19-12-16(24)6-9-20(19)22/h4-9,12,24H,10-11H2,1-3H3,(H,21,23). The van der Waals surface area contributed by atoms with E-state index in [-0.39, 0.29) is 16.6 Å². The van der Waals surface area contributed by atoms with Crippen LogP contribution in [0.25, 0.3) is 10.9 Å². The Morgan fingerprint density at radius 3 is 2.41 bits per heavy atom. The number of carbonyl (C=O) groups is 1. The van der Waals surface area contributed by atoms with Crippen molar-refractivity contribution in [3.63, 3.8) is 0 Å². The molecule has 2 aromatic carbocycles. The molecular formula is C20H22N2O4S. The van der Waals surface area contributed by atoms with E-state index >= 15 is 0 Å². The van der Waals surface area contributed by atoms with Gasteiger partial charge in [-0.2, -0.15) is 0 Å². The monoisotopic (exact) mass is 386 g/mol. The molecule has 3 rings (SSSR count). The Balaban J connectivity index is 2.19. The van der Waals surface area contributed by atoms with Crippen LogP contribution in [0.4, 0.5) is 0 Å². The third kappa shape index (κ3) is 3.55. The molecule has 3 aromatic rings. The average Bonchev–Trinajstić information content (AvgIpc) is 2.87. The summed E-state index contributed by atoms with van der Waals surface area (Å²) in [5.41, 5.74) is 2.83. The largest absolute Gasteiger partial charge is 0.508 e. The summed E-state index contributed by atoms with van der Waals surface area (Å²) in [6.45, 7) is 5.46. The summed E-state index contributed by atoms with van der Waals surface area (Å²) >= 11 is 0. The van der Waals surface area contributed by atoms with Gasteiger partial charge in [0.25, 0.3) is 10.0 Å². The van der Waals surface area contributed by atoms with E-state index in [1.807, 2.05) is 6.92 Å². The normalized spacial score (nSPS) is 11.7. The van der Waals surface area contributed by atoms with Crippen LogP contribution in [0.5, 0.6) is 5.75 Å². The fourth-order valence-corrected chi connectivity index (χ4v) is 4.83. The van der Waals surface area contributed by atoms with Crippen LogP contribution in [0.2, 0.25) is 0 Å². The number of benzene rings is 2. The van der Waals surface area contributed by atoms with Gasteiger partial charge in [0.1, 0.15) is 5.75 Å². The second-order valence-electron chi connectivity index (χ2n) is 6.58. The molecule has 2 N–H and O–H groups in total. The van der Waals surface area contributed by atoms with Crippen molar-refractivity contribution in [3.8, 4) is 5.75 Å². The molecule has 27 heavy (non-hydrogen) atoms. The van der Waals surface area contributed by atoms with Crippen molar-refractivity contribution < 1.29 is 18.3 Å². The van der Waals surface area contributed by atoms with Crippen molar-refractivity contribution in [2.24, 2.45) is 0 Å². The van der Waals surface area contributed by atoms with Gasteiger partial charge < -0.3 is 10.4 Å². The summed E-state index contributed by atoms with van der Waals surface area (Å²) < 4.78 is 27.9. The van der Waals surface area contributed by atoms with E-state index in [1.165, 1.54) is 17.0 Å². The Morgan fingerprint density at radius 2 is 1.78 bits per heavy atom. The molecule has 0 aliphatic rings. The first-order valence-electron chi connectivity index (χ1n) is 8.61. The average molecular weight is 386 g/mol. The number of aromatic nitrogens is 1. The maximum Gasteiger partial charge on any atom is 0.268 e. The maximum atomic E-state index is 13.3. The minimum absolute atomic E-state index is 0.0631. The minimum atomic E-state index is -3.80. The van der Waals surface area contributed by atoms with Crippen molar-refractivity contribution in [2.45, 2.75) is 32.1 Å². The molecule has 1 amide bonds. The van der Waals surface area contributed by atoms with Gasteiger partial charge in [-0.3, -0.25) is 4.79 Å². The number of carbonyl (C=O) groups excluding carboxylic acids is 1. The number of hydrogen-bond donors (Lipinski definition) is 2. The fourth-order valence-electron chi connectivity index (χ4n) is 3.25. The van der Waals surface area contributed by atoms with Crippen LogP contribution in [0.1, 0.15) is 23.7 Å². The lowest BCUT2D eigenvalue weighted by atomic mass is 10.1. The first kappa shape index (κ1) is 19.0. The zero-order chi connectivity index (χ0) is 19.8. The molecule has 0 spiro atoms. The molecule has 0 aliphatic heterocycles. The Bertz CT molecular complexity index is 1110. The van der Waals surface area contributed by atoms with Gasteiger partial charge in [-0.05, 0) is 56.2 Å². The highest BCUT2D eigenvalue weighted by Crippen LogP contribution is 2.32. The van der Waals surface area contributed by atoms with Crippen LogP contribution >= 0.6 is 0 Å². The molecule has 142 valence electrons. The van der Waals surface area contributed by atoms with Crippen LogP contribution in [0, 0.1) is 13.8 Å². The number of amides is 1. The summed E-state index contributed by atoms with van der Waals surface area (Å²) in [4.78, 5) is 11.4.